The molecule has 4 aliphatic rings. The van der Waals surface area contributed by atoms with Crippen LogP contribution in [0.5, 0.6) is 0 Å². The summed E-state index contributed by atoms with van der Waals surface area (Å²) in [6.07, 6.45) is 6.47. The van der Waals surface area contributed by atoms with E-state index in [1.807, 2.05) is 35.4 Å². The number of amides is 2. The summed E-state index contributed by atoms with van der Waals surface area (Å²) < 4.78 is 11.6. The monoisotopic (exact) mass is 450 g/mol. The molecule has 3 saturated heterocycles. The van der Waals surface area contributed by atoms with Gasteiger partial charge in [0.1, 0.15) is 5.60 Å². The van der Waals surface area contributed by atoms with Crippen LogP contribution < -0.4 is 5.32 Å². The van der Waals surface area contributed by atoms with Crippen LogP contribution in [0.4, 0.5) is 0 Å². The zero-order valence-corrected chi connectivity index (χ0v) is 18.7. The quantitative estimate of drug-likeness (QED) is 0.614. The van der Waals surface area contributed by atoms with Gasteiger partial charge in [0.15, 0.2) is 0 Å². The molecular weight excluding hydrogens is 420 g/mol. The molecule has 4 aliphatic heterocycles. The van der Waals surface area contributed by atoms with Gasteiger partial charge in [0, 0.05) is 49.8 Å². The summed E-state index contributed by atoms with van der Waals surface area (Å²) in [5, 5.41) is 4.26. The molecule has 4 atom stereocenters. The third-order valence-corrected chi connectivity index (χ3v) is 7.64. The van der Waals surface area contributed by atoms with Gasteiger partial charge in [-0.15, -0.1) is 0 Å². The number of ether oxygens (including phenoxy) is 2. The first kappa shape index (κ1) is 20.9. The highest BCUT2D eigenvalue weighted by Gasteiger charge is 2.66. The Balaban J connectivity index is 1.10. The van der Waals surface area contributed by atoms with Gasteiger partial charge >= 0.3 is 0 Å². The number of nitrogens with zero attached hydrogens (tertiary/aromatic N) is 2. The van der Waals surface area contributed by atoms with Gasteiger partial charge in [0.2, 0.25) is 11.8 Å². The fourth-order valence-electron chi connectivity index (χ4n) is 5.94. The summed E-state index contributed by atoms with van der Waals surface area (Å²) in [7, 11) is 0. The standard InChI is InChI=1S/C25H30N4O4/c30-23(26-8-10-28-11-13-32-14-12-28)21-20-5-7-25(33-20)16-29(24(31)22(21)25)9-6-17-15-27-19-4-2-1-3-18(17)19/h1-5,7,15,20-22,27H,6,8-14,16H2,(H,26,30)/t20-,21-,22+,25-/m0/s1. The van der Waals surface area contributed by atoms with Gasteiger partial charge in [0.25, 0.3) is 0 Å². The van der Waals surface area contributed by atoms with Crippen LogP contribution in [-0.4, -0.2) is 90.8 Å². The second kappa shape index (κ2) is 8.27. The average molecular weight is 451 g/mol. The van der Waals surface area contributed by atoms with E-state index in [1.165, 1.54) is 10.9 Å². The van der Waals surface area contributed by atoms with E-state index in [0.29, 0.717) is 19.6 Å². The highest BCUT2D eigenvalue weighted by molar-refractivity contribution is 5.93. The average Bonchev–Trinajstić information content (AvgIpc) is 3.58. The summed E-state index contributed by atoms with van der Waals surface area (Å²) in [6, 6.07) is 8.21. The minimum absolute atomic E-state index is 0.0371. The highest BCUT2D eigenvalue weighted by Crippen LogP contribution is 2.51. The van der Waals surface area contributed by atoms with Crippen molar-refractivity contribution in [1.82, 2.24) is 20.1 Å². The van der Waals surface area contributed by atoms with E-state index in [0.717, 1.165) is 44.8 Å². The number of H-pyrrole nitrogens is 1. The lowest BCUT2D eigenvalue weighted by molar-refractivity contribution is -0.137. The second-order valence-electron chi connectivity index (χ2n) is 9.51. The molecule has 0 radical (unpaired) electrons. The molecule has 2 bridgehead atoms. The predicted octanol–water partition coefficient (Wildman–Crippen LogP) is 0.941. The molecule has 8 nitrogen and oxygen atoms in total. The Bertz CT molecular complexity index is 1090. The molecular formula is C25H30N4O4. The number of morpholine rings is 1. The van der Waals surface area contributed by atoms with Crippen LogP contribution in [-0.2, 0) is 25.5 Å². The fourth-order valence-corrected chi connectivity index (χ4v) is 5.94. The number of aromatic nitrogens is 1. The van der Waals surface area contributed by atoms with Crippen molar-refractivity contribution in [3.05, 3.63) is 48.2 Å². The molecule has 2 amide bonds. The number of carbonyl (C=O) groups excluding carboxylic acids is 2. The number of carbonyl (C=O) groups is 2. The lowest BCUT2D eigenvalue weighted by atomic mass is 9.77. The highest BCUT2D eigenvalue weighted by atomic mass is 16.5. The van der Waals surface area contributed by atoms with Crippen LogP contribution in [0.1, 0.15) is 5.56 Å². The number of fused-ring (bicyclic) bond motifs is 2. The molecule has 33 heavy (non-hydrogen) atoms. The third-order valence-electron chi connectivity index (χ3n) is 7.64. The van der Waals surface area contributed by atoms with Crippen molar-refractivity contribution in [1.29, 1.82) is 0 Å². The van der Waals surface area contributed by atoms with Crippen LogP contribution in [0.15, 0.2) is 42.6 Å². The van der Waals surface area contributed by atoms with Crippen molar-refractivity contribution in [3.63, 3.8) is 0 Å². The number of hydrogen-bond donors (Lipinski definition) is 2. The number of hydrogen-bond acceptors (Lipinski definition) is 5. The SMILES string of the molecule is O=C(NCCN1CCOCC1)[C@H]1[C@@H]2C=C[C@@]3(CN(CCc4c[nH]c5ccccc45)C(=O)[C@@H]13)O2. The normalized spacial score (nSPS) is 31.0. The molecule has 8 heteroatoms. The van der Waals surface area contributed by atoms with Crippen LogP contribution in [0.25, 0.3) is 10.9 Å². The molecule has 1 aromatic carbocycles. The van der Waals surface area contributed by atoms with E-state index in [-0.39, 0.29) is 17.9 Å². The Morgan fingerprint density at radius 3 is 2.94 bits per heavy atom. The summed E-state index contributed by atoms with van der Waals surface area (Å²) >= 11 is 0. The van der Waals surface area contributed by atoms with Gasteiger partial charge < -0.3 is 24.7 Å². The van der Waals surface area contributed by atoms with Crippen molar-refractivity contribution in [2.45, 2.75) is 18.1 Å². The van der Waals surface area contributed by atoms with E-state index in [9.17, 15) is 9.59 Å². The smallest absolute Gasteiger partial charge is 0.230 e. The Hall–Kier alpha value is -2.68. The number of likely N-dealkylation sites (tertiary alicyclic amines) is 1. The first-order chi connectivity index (χ1) is 16.1. The van der Waals surface area contributed by atoms with Crippen molar-refractivity contribution < 1.29 is 19.1 Å². The van der Waals surface area contributed by atoms with Crippen LogP contribution in [0.3, 0.4) is 0 Å². The minimum atomic E-state index is -0.659. The summed E-state index contributed by atoms with van der Waals surface area (Å²) in [5.74, 6) is -0.921. The fraction of sp³-hybridized carbons (Fsp3) is 0.520. The largest absolute Gasteiger partial charge is 0.379 e. The lowest BCUT2D eigenvalue weighted by Gasteiger charge is -2.27. The molecule has 174 valence electrons. The number of para-hydroxylation sites is 1. The van der Waals surface area contributed by atoms with E-state index in [4.69, 9.17) is 9.47 Å². The van der Waals surface area contributed by atoms with Crippen molar-refractivity contribution >= 4 is 22.7 Å². The zero-order chi connectivity index (χ0) is 22.4. The van der Waals surface area contributed by atoms with Gasteiger partial charge in [-0.3, -0.25) is 14.5 Å². The van der Waals surface area contributed by atoms with Crippen molar-refractivity contribution in [3.8, 4) is 0 Å². The number of aromatic amines is 1. The summed E-state index contributed by atoms with van der Waals surface area (Å²) in [6.45, 7) is 5.77. The molecule has 5 heterocycles. The molecule has 6 rings (SSSR count). The maximum absolute atomic E-state index is 13.4. The zero-order valence-electron chi connectivity index (χ0n) is 18.7. The summed E-state index contributed by atoms with van der Waals surface area (Å²) in [5.41, 5.74) is 1.65. The summed E-state index contributed by atoms with van der Waals surface area (Å²) in [4.78, 5) is 34.0. The minimum Gasteiger partial charge on any atom is -0.379 e. The topological polar surface area (TPSA) is 86.9 Å². The van der Waals surface area contributed by atoms with Crippen LogP contribution >= 0.6 is 0 Å². The van der Waals surface area contributed by atoms with Gasteiger partial charge in [-0.1, -0.05) is 30.4 Å². The van der Waals surface area contributed by atoms with Crippen LogP contribution in [0.2, 0.25) is 0 Å². The second-order valence-corrected chi connectivity index (χ2v) is 9.51. The van der Waals surface area contributed by atoms with E-state index in [2.05, 4.69) is 27.3 Å². The van der Waals surface area contributed by atoms with Gasteiger partial charge in [-0.05, 0) is 18.1 Å². The van der Waals surface area contributed by atoms with Crippen molar-refractivity contribution in [2.75, 3.05) is 52.5 Å². The Kier molecular flexibility index (Phi) is 5.24. The van der Waals surface area contributed by atoms with E-state index < -0.39 is 17.4 Å². The maximum atomic E-state index is 13.4. The van der Waals surface area contributed by atoms with Crippen molar-refractivity contribution in [2.24, 2.45) is 11.8 Å². The number of benzene rings is 1. The Morgan fingerprint density at radius 2 is 2.06 bits per heavy atom. The lowest BCUT2D eigenvalue weighted by Crippen LogP contribution is -2.47. The van der Waals surface area contributed by atoms with Gasteiger partial charge in [0.05, 0.1) is 37.7 Å². The maximum Gasteiger partial charge on any atom is 0.230 e. The molecule has 0 unspecified atom stereocenters. The number of nitrogens with one attached hydrogen (secondary N) is 2. The molecule has 2 aromatic rings. The first-order valence-electron chi connectivity index (χ1n) is 11.9. The van der Waals surface area contributed by atoms with E-state index in [1.54, 1.807) is 0 Å². The van der Waals surface area contributed by atoms with Crippen LogP contribution in [0, 0.1) is 11.8 Å². The molecule has 0 saturated carbocycles. The van der Waals surface area contributed by atoms with Gasteiger partial charge in [-0.25, -0.2) is 0 Å². The first-order valence-corrected chi connectivity index (χ1v) is 11.9. The Labute approximate surface area is 192 Å². The molecule has 2 N–H and O–H groups in total. The molecule has 1 spiro atoms. The molecule has 1 aromatic heterocycles. The predicted molar refractivity (Wildman–Crippen MR) is 123 cm³/mol. The third kappa shape index (κ3) is 3.57. The number of rotatable bonds is 7. The molecule has 3 fully saturated rings. The van der Waals surface area contributed by atoms with Gasteiger partial charge in [-0.2, -0.15) is 0 Å². The van der Waals surface area contributed by atoms with E-state index >= 15 is 0 Å². The Morgan fingerprint density at radius 1 is 1.21 bits per heavy atom. The molecule has 0 aliphatic carbocycles.